The van der Waals surface area contributed by atoms with Gasteiger partial charge in [0.05, 0.1) is 25.7 Å². The van der Waals surface area contributed by atoms with Crippen LogP contribution in [0.2, 0.25) is 0 Å². The summed E-state index contributed by atoms with van der Waals surface area (Å²) < 4.78 is 11.5. The van der Waals surface area contributed by atoms with E-state index in [0.29, 0.717) is 32.7 Å². The number of hydrogen-bond donors (Lipinski definition) is 1. The molecule has 0 radical (unpaired) electrons. The Hall–Kier alpha value is -1.92. The fourth-order valence-corrected chi connectivity index (χ4v) is 2.81. The molecule has 25 heavy (non-hydrogen) atoms. The van der Waals surface area contributed by atoms with Gasteiger partial charge in [-0.1, -0.05) is 12.1 Å². The van der Waals surface area contributed by atoms with Gasteiger partial charge in [0.2, 0.25) is 0 Å². The molecule has 1 aliphatic heterocycles. The number of rotatable bonds is 10. The first-order chi connectivity index (χ1) is 12.0. The minimum Gasteiger partial charge on any atom is -0.494 e. The molecule has 6 heteroatoms. The molecular weight excluding hydrogens is 322 g/mol. The number of carbonyl (C=O) groups is 2. The van der Waals surface area contributed by atoms with E-state index in [-0.39, 0.29) is 18.3 Å². The maximum Gasteiger partial charge on any atom is 0.304 e. The van der Waals surface area contributed by atoms with Gasteiger partial charge in [0.15, 0.2) is 0 Å². The number of morpholine rings is 1. The first-order valence-corrected chi connectivity index (χ1v) is 8.82. The zero-order valence-electron chi connectivity index (χ0n) is 14.8. The van der Waals surface area contributed by atoms with E-state index in [1.807, 2.05) is 24.3 Å². The van der Waals surface area contributed by atoms with E-state index in [9.17, 15) is 9.59 Å². The molecule has 1 aliphatic rings. The Kier molecular flexibility index (Phi) is 7.88. The second kappa shape index (κ2) is 10.2. The van der Waals surface area contributed by atoms with Gasteiger partial charge >= 0.3 is 5.97 Å². The second-order valence-corrected chi connectivity index (χ2v) is 6.38. The third-order valence-electron chi connectivity index (χ3n) is 4.24. The second-order valence-electron chi connectivity index (χ2n) is 6.38. The van der Waals surface area contributed by atoms with Crippen LogP contribution >= 0.6 is 0 Å². The number of carboxylic acids is 1. The fourth-order valence-electron chi connectivity index (χ4n) is 2.81. The van der Waals surface area contributed by atoms with Gasteiger partial charge in [-0.05, 0) is 37.5 Å². The van der Waals surface area contributed by atoms with Crippen molar-refractivity contribution in [3.05, 3.63) is 29.8 Å². The molecule has 1 unspecified atom stereocenters. The lowest BCUT2D eigenvalue weighted by atomic mass is 10.1. The number of benzene rings is 1. The molecule has 2 rings (SSSR count). The predicted octanol–water partition coefficient (Wildman–Crippen LogP) is 2.67. The van der Waals surface area contributed by atoms with Gasteiger partial charge in [0.1, 0.15) is 11.5 Å². The number of carboxylic acid groups (broad SMARTS) is 1. The normalized spacial score (nSPS) is 18.0. The van der Waals surface area contributed by atoms with E-state index in [0.717, 1.165) is 30.7 Å². The number of hydrogen-bond acceptors (Lipinski definition) is 5. The van der Waals surface area contributed by atoms with E-state index in [1.165, 1.54) is 0 Å². The lowest BCUT2D eigenvalue weighted by Crippen LogP contribution is -2.39. The van der Waals surface area contributed by atoms with Crippen LogP contribution in [0.1, 0.15) is 44.3 Å². The van der Waals surface area contributed by atoms with Crippen molar-refractivity contribution in [1.29, 1.82) is 0 Å². The summed E-state index contributed by atoms with van der Waals surface area (Å²) in [6, 6.07) is 7.85. The molecule has 1 heterocycles. The summed E-state index contributed by atoms with van der Waals surface area (Å²) in [5.41, 5.74) is 1.07. The van der Waals surface area contributed by atoms with Crippen molar-refractivity contribution in [3.63, 3.8) is 0 Å². The Morgan fingerprint density at radius 1 is 1.24 bits per heavy atom. The number of ether oxygens (including phenoxy) is 2. The molecule has 138 valence electrons. The fraction of sp³-hybridized carbons (Fsp3) is 0.579. The zero-order chi connectivity index (χ0) is 18.1. The van der Waals surface area contributed by atoms with Crippen LogP contribution in [-0.2, 0) is 14.3 Å². The van der Waals surface area contributed by atoms with E-state index in [4.69, 9.17) is 14.6 Å². The Balaban J connectivity index is 1.76. The average Bonchev–Trinajstić information content (AvgIpc) is 2.60. The molecule has 1 atom stereocenters. The Labute approximate surface area is 148 Å². The van der Waals surface area contributed by atoms with E-state index >= 15 is 0 Å². The maximum absolute atomic E-state index is 10.9. The topological polar surface area (TPSA) is 76.1 Å². The summed E-state index contributed by atoms with van der Waals surface area (Å²) in [6.07, 6.45) is 2.45. The highest BCUT2D eigenvalue weighted by molar-refractivity contribution is 5.75. The number of carbonyl (C=O) groups excluding carboxylic acids is 1. The summed E-state index contributed by atoms with van der Waals surface area (Å²) in [7, 11) is 0. The largest absolute Gasteiger partial charge is 0.494 e. The summed E-state index contributed by atoms with van der Waals surface area (Å²) in [5.74, 6) is 0.257. The van der Waals surface area contributed by atoms with Crippen molar-refractivity contribution in [2.75, 3.05) is 32.8 Å². The lowest BCUT2D eigenvalue weighted by molar-refractivity contribution is -0.137. The number of aliphatic carboxylic acids is 1. The van der Waals surface area contributed by atoms with Gasteiger partial charge in [-0.25, -0.2) is 0 Å². The molecule has 0 spiro atoms. The smallest absolute Gasteiger partial charge is 0.304 e. The molecule has 6 nitrogen and oxygen atoms in total. The summed E-state index contributed by atoms with van der Waals surface area (Å²) in [5, 5.41) is 8.80. The standard InChI is InChI=1S/C19H27NO5/c1-15(21)4-2-3-12-24-17-7-5-16(6-8-17)18-14-20(11-13-25-18)10-9-19(22)23/h5-8,18H,2-4,9-14H2,1H3,(H,22,23). The van der Waals surface area contributed by atoms with E-state index in [2.05, 4.69) is 4.90 Å². The molecule has 1 aromatic carbocycles. The molecule has 1 saturated heterocycles. The van der Waals surface area contributed by atoms with Gasteiger partial charge in [0, 0.05) is 26.1 Å². The number of ketones is 1. The number of Topliss-reactive ketones (excluding diaryl/α,β-unsaturated/α-hetero) is 1. The van der Waals surface area contributed by atoms with Crippen molar-refractivity contribution in [3.8, 4) is 5.75 Å². The quantitative estimate of drug-likeness (QED) is 0.655. The van der Waals surface area contributed by atoms with Gasteiger partial charge in [-0.2, -0.15) is 0 Å². The van der Waals surface area contributed by atoms with Crippen LogP contribution in [0.15, 0.2) is 24.3 Å². The number of nitrogens with zero attached hydrogens (tertiary/aromatic N) is 1. The third-order valence-corrected chi connectivity index (χ3v) is 4.24. The van der Waals surface area contributed by atoms with Crippen LogP contribution < -0.4 is 4.74 Å². The minimum atomic E-state index is -0.771. The van der Waals surface area contributed by atoms with Crippen LogP contribution in [-0.4, -0.2) is 54.6 Å². The first-order valence-electron chi connectivity index (χ1n) is 8.82. The molecule has 1 N–H and O–H groups in total. The monoisotopic (exact) mass is 349 g/mol. The van der Waals surface area contributed by atoms with Crippen molar-refractivity contribution in [2.45, 2.75) is 38.7 Å². The zero-order valence-corrected chi connectivity index (χ0v) is 14.8. The van der Waals surface area contributed by atoms with Gasteiger partial charge in [-0.15, -0.1) is 0 Å². The molecule has 0 saturated carbocycles. The highest BCUT2D eigenvalue weighted by Gasteiger charge is 2.22. The number of unbranched alkanes of at least 4 members (excludes halogenated alkanes) is 1. The average molecular weight is 349 g/mol. The van der Waals surface area contributed by atoms with Crippen molar-refractivity contribution >= 4 is 11.8 Å². The van der Waals surface area contributed by atoms with Crippen LogP contribution in [0.4, 0.5) is 0 Å². The minimum absolute atomic E-state index is 0.0350. The Bertz CT molecular complexity index is 557. The SMILES string of the molecule is CC(=O)CCCCOc1ccc(C2CN(CCC(=O)O)CCO2)cc1. The molecular formula is C19H27NO5. The summed E-state index contributed by atoms with van der Waals surface area (Å²) >= 11 is 0. The van der Waals surface area contributed by atoms with E-state index < -0.39 is 5.97 Å². The molecule has 0 aliphatic carbocycles. The maximum atomic E-state index is 10.9. The van der Waals surface area contributed by atoms with Gasteiger partial charge < -0.3 is 19.4 Å². The highest BCUT2D eigenvalue weighted by Crippen LogP contribution is 2.24. The summed E-state index contributed by atoms with van der Waals surface area (Å²) in [4.78, 5) is 23.7. The lowest BCUT2D eigenvalue weighted by Gasteiger charge is -2.32. The summed E-state index contributed by atoms with van der Waals surface area (Å²) in [6.45, 7) is 4.85. The molecule has 0 amide bonds. The Morgan fingerprint density at radius 3 is 2.68 bits per heavy atom. The molecule has 1 fully saturated rings. The van der Waals surface area contributed by atoms with Crippen LogP contribution in [0.25, 0.3) is 0 Å². The predicted molar refractivity (Wildman–Crippen MR) is 93.9 cm³/mol. The Morgan fingerprint density at radius 2 is 2.00 bits per heavy atom. The van der Waals surface area contributed by atoms with Gasteiger partial charge in [0.25, 0.3) is 0 Å². The van der Waals surface area contributed by atoms with Crippen LogP contribution in [0.3, 0.4) is 0 Å². The van der Waals surface area contributed by atoms with Crippen molar-refractivity contribution < 1.29 is 24.2 Å². The van der Waals surface area contributed by atoms with Gasteiger partial charge in [-0.3, -0.25) is 9.69 Å². The molecule has 0 bridgehead atoms. The van der Waals surface area contributed by atoms with Crippen LogP contribution in [0.5, 0.6) is 5.75 Å². The molecule has 1 aromatic rings. The van der Waals surface area contributed by atoms with Crippen LogP contribution in [0, 0.1) is 0 Å². The highest BCUT2D eigenvalue weighted by atomic mass is 16.5. The van der Waals surface area contributed by atoms with Crippen molar-refractivity contribution in [2.24, 2.45) is 0 Å². The first kappa shape index (κ1) is 19.4. The molecule has 0 aromatic heterocycles. The van der Waals surface area contributed by atoms with Crippen molar-refractivity contribution in [1.82, 2.24) is 4.90 Å². The van der Waals surface area contributed by atoms with E-state index in [1.54, 1.807) is 6.92 Å². The third kappa shape index (κ3) is 7.23.